The van der Waals surface area contributed by atoms with Gasteiger partial charge in [0.2, 0.25) is 0 Å². The number of aliphatic hydroxyl groups is 1. The molecule has 0 saturated carbocycles. The number of carbonyl (C=O) groups excluding carboxylic acids is 2. The first-order valence-electron chi connectivity index (χ1n) is 9.86. The Bertz CT molecular complexity index is 1100. The maximum Gasteiger partial charge on any atom is 0.259 e. The second-order valence-corrected chi connectivity index (χ2v) is 7.72. The van der Waals surface area contributed by atoms with Crippen LogP contribution >= 0.6 is 0 Å². The molecule has 2 aliphatic heterocycles. The standard InChI is InChI=1S/C22H21N3O5/c26-20(24-7-9-25(10-8-24)21(27)22(28)12-29-13-22)16-3-1-15(2-4-16)17-5-6-18-19(11-17)30-14-23-18/h1-6,11,14,28H,7-10,12-13H2. The number of nitrogens with zero attached hydrogens (tertiary/aromatic N) is 3. The van der Waals surface area contributed by atoms with Gasteiger partial charge >= 0.3 is 0 Å². The van der Waals surface area contributed by atoms with Gasteiger partial charge in [0.25, 0.3) is 11.8 Å². The number of ether oxygens (including phenoxy) is 1. The third kappa shape index (κ3) is 3.24. The number of amides is 2. The van der Waals surface area contributed by atoms with E-state index in [-0.39, 0.29) is 25.0 Å². The molecule has 30 heavy (non-hydrogen) atoms. The van der Waals surface area contributed by atoms with Gasteiger partial charge in [-0.25, -0.2) is 4.98 Å². The number of hydrogen-bond donors (Lipinski definition) is 1. The van der Waals surface area contributed by atoms with Gasteiger partial charge in [-0.15, -0.1) is 0 Å². The van der Waals surface area contributed by atoms with Crippen LogP contribution in [-0.4, -0.2) is 76.7 Å². The molecule has 2 saturated heterocycles. The first-order chi connectivity index (χ1) is 14.5. The third-order valence-electron chi connectivity index (χ3n) is 5.73. The quantitative estimate of drug-likeness (QED) is 0.708. The van der Waals surface area contributed by atoms with Gasteiger partial charge in [0.05, 0.1) is 13.2 Å². The van der Waals surface area contributed by atoms with E-state index in [1.165, 1.54) is 6.39 Å². The summed E-state index contributed by atoms with van der Waals surface area (Å²) in [6.07, 6.45) is 1.42. The van der Waals surface area contributed by atoms with E-state index in [0.717, 1.165) is 22.2 Å². The van der Waals surface area contributed by atoms with Gasteiger partial charge in [-0.1, -0.05) is 18.2 Å². The second-order valence-electron chi connectivity index (χ2n) is 7.72. The van der Waals surface area contributed by atoms with E-state index in [1.807, 2.05) is 42.5 Å². The van der Waals surface area contributed by atoms with Gasteiger partial charge in [0, 0.05) is 31.7 Å². The number of benzene rings is 2. The molecule has 2 fully saturated rings. The highest BCUT2D eigenvalue weighted by molar-refractivity contribution is 5.95. The summed E-state index contributed by atoms with van der Waals surface area (Å²) in [5, 5.41) is 10.1. The van der Waals surface area contributed by atoms with Crippen LogP contribution in [0.15, 0.2) is 53.3 Å². The smallest absolute Gasteiger partial charge is 0.259 e. The number of oxazole rings is 1. The molecule has 2 amide bonds. The Morgan fingerprint density at radius 3 is 2.27 bits per heavy atom. The van der Waals surface area contributed by atoms with Crippen LogP contribution in [0.1, 0.15) is 10.4 Å². The lowest BCUT2D eigenvalue weighted by atomic mass is 10.00. The van der Waals surface area contributed by atoms with Crippen molar-refractivity contribution in [3.63, 3.8) is 0 Å². The minimum Gasteiger partial charge on any atom is -0.443 e. The zero-order valence-electron chi connectivity index (χ0n) is 16.3. The molecule has 8 heteroatoms. The Balaban J connectivity index is 1.24. The summed E-state index contributed by atoms with van der Waals surface area (Å²) in [4.78, 5) is 32.7. The summed E-state index contributed by atoms with van der Waals surface area (Å²) in [6, 6.07) is 13.3. The number of carbonyl (C=O) groups is 2. The van der Waals surface area contributed by atoms with Crippen molar-refractivity contribution >= 4 is 22.9 Å². The van der Waals surface area contributed by atoms with Crippen molar-refractivity contribution in [1.29, 1.82) is 0 Å². The molecule has 0 spiro atoms. The summed E-state index contributed by atoms with van der Waals surface area (Å²) < 4.78 is 10.3. The minimum atomic E-state index is -1.39. The molecule has 2 aliphatic rings. The predicted octanol–water partition coefficient (Wildman–Crippen LogP) is 1.54. The van der Waals surface area contributed by atoms with E-state index in [4.69, 9.17) is 9.15 Å². The highest BCUT2D eigenvalue weighted by Gasteiger charge is 2.46. The Hall–Kier alpha value is -3.23. The zero-order valence-corrected chi connectivity index (χ0v) is 16.3. The van der Waals surface area contributed by atoms with Crippen molar-refractivity contribution in [1.82, 2.24) is 14.8 Å². The Kier molecular flexibility index (Phi) is 4.52. The molecular weight excluding hydrogens is 386 g/mol. The summed E-state index contributed by atoms with van der Waals surface area (Å²) >= 11 is 0. The lowest BCUT2D eigenvalue weighted by Gasteiger charge is -2.42. The molecule has 2 aromatic carbocycles. The van der Waals surface area contributed by atoms with Crippen LogP contribution in [-0.2, 0) is 9.53 Å². The molecule has 0 unspecified atom stereocenters. The molecular formula is C22H21N3O5. The first-order valence-corrected chi connectivity index (χ1v) is 9.86. The second kappa shape index (κ2) is 7.23. The van der Waals surface area contributed by atoms with Gasteiger partial charge in [-0.05, 0) is 35.4 Å². The molecule has 3 heterocycles. The summed E-state index contributed by atoms with van der Waals surface area (Å²) in [7, 11) is 0. The normalized spacial score (nSPS) is 18.3. The number of rotatable bonds is 3. The zero-order chi connectivity index (χ0) is 20.7. The third-order valence-corrected chi connectivity index (χ3v) is 5.73. The van der Waals surface area contributed by atoms with Gasteiger partial charge in [0.1, 0.15) is 5.52 Å². The molecule has 154 valence electrons. The fraction of sp³-hybridized carbons (Fsp3) is 0.318. The molecule has 5 rings (SSSR count). The topological polar surface area (TPSA) is 96.1 Å². The molecule has 0 radical (unpaired) electrons. The van der Waals surface area contributed by atoms with Crippen molar-refractivity contribution in [2.75, 3.05) is 39.4 Å². The van der Waals surface area contributed by atoms with Gasteiger partial charge in [-0.3, -0.25) is 9.59 Å². The molecule has 0 aliphatic carbocycles. The van der Waals surface area contributed by atoms with E-state index in [2.05, 4.69) is 4.98 Å². The highest BCUT2D eigenvalue weighted by Crippen LogP contribution is 2.25. The molecule has 1 aromatic heterocycles. The van der Waals surface area contributed by atoms with E-state index in [1.54, 1.807) is 9.80 Å². The summed E-state index contributed by atoms with van der Waals surface area (Å²) in [6.45, 7) is 1.77. The van der Waals surface area contributed by atoms with Crippen molar-refractivity contribution in [2.45, 2.75) is 5.60 Å². The van der Waals surface area contributed by atoms with Crippen molar-refractivity contribution in [2.24, 2.45) is 0 Å². The number of piperazine rings is 1. The van der Waals surface area contributed by atoms with Crippen molar-refractivity contribution < 1.29 is 23.8 Å². The molecule has 3 aromatic rings. The monoisotopic (exact) mass is 407 g/mol. The SMILES string of the molecule is O=C(c1ccc(-c2ccc3ncoc3c2)cc1)N1CCN(C(=O)C2(O)COC2)CC1. The van der Waals surface area contributed by atoms with Gasteiger partial charge in [0.15, 0.2) is 17.6 Å². The van der Waals surface area contributed by atoms with Crippen LogP contribution in [0.5, 0.6) is 0 Å². The van der Waals surface area contributed by atoms with Crippen LogP contribution in [0.2, 0.25) is 0 Å². The maximum absolute atomic E-state index is 12.9. The largest absolute Gasteiger partial charge is 0.443 e. The lowest BCUT2D eigenvalue weighted by molar-refractivity contribution is -0.201. The molecule has 8 nitrogen and oxygen atoms in total. The van der Waals surface area contributed by atoms with Crippen LogP contribution in [0, 0.1) is 0 Å². The van der Waals surface area contributed by atoms with Crippen LogP contribution in [0.4, 0.5) is 0 Å². The van der Waals surface area contributed by atoms with Crippen molar-refractivity contribution in [3.8, 4) is 11.1 Å². The van der Waals surface area contributed by atoms with E-state index < -0.39 is 5.60 Å². The molecule has 0 atom stereocenters. The van der Waals surface area contributed by atoms with E-state index >= 15 is 0 Å². The first kappa shape index (κ1) is 18.8. The van der Waals surface area contributed by atoms with Gasteiger partial charge in [-0.2, -0.15) is 0 Å². The Morgan fingerprint density at radius 2 is 1.60 bits per heavy atom. The average Bonchev–Trinajstić information content (AvgIpc) is 3.24. The van der Waals surface area contributed by atoms with Crippen LogP contribution in [0.25, 0.3) is 22.2 Å². The predicted molar refractivity (Wildman–Crippen MR) is 108 cm³/mol. The Morgan fingerprint density at radius 1 is 0.933 bits per heavy atom. The maximum atomic E-state index is 12.9. The van der Waals surface area contributed by atoms with E-state index in [0.29, 0.717) is 31.7 Å². The number of aromatic nitrogens is 1. The summed E-state index contributed by atoms with van der Waals surface area (Å²) in [5.74, 6) is -0.376. The fourth-order valence-electron chi connectivity index (χ4n) is 3.85. The molecule has 1 N–H and O–H groups in total. The van der Waals surface area contributed by atoms with Crippen LogP contribution in [0.3, 0.4) is 0 Å². The van der Waals surface area contributed by atoms with Gasteiger partial charge < -0.3 is 24.1 Å². The number of hydrogen-bond acceptors (Lipinski definition) is 6. The Labute approximate surface area is 172 Å². The summed E-state index contributed by atoms with van der Waals surface area (Å²) in [5.41, 5.74) is 2.71. The average molecular weight is 407 g/mol. The lowest BCUT2D eigenvalue weighted by Crippen LogP contribution is -2.64. The fourth-order valence-corrected chi connectivity index (χ4v) is 3.85. The highest BCUT2D eigenvalue weighted by atomic mass is 16.5. The van der Waals surface area contributed by atoms with Crippen LogP contribution < -0.4 is 0 Å². The van der Waals surface area contributed by atoms with E-state index in [9.17, 15) is 14.7 Å². The molecule has 0 bridgehead atoms. The minimum absolute atomic E-state index is 0.0424. The number of fused-ring (bicyclic) bond motifs is 1. The van der Waals surface area contributed by atoms with Crippen molar-refractivity contribution in [3.05, 3.63) is 54.4 Å².